The number of ether oxygens (including phenoxy) is 1. The molecule has 32 heavy (non-hydrogen) atoms. The fourth-order valence-corrected chi connectivity index (χ4v) is 4.72. The smallest absolute Gasteiger partial charge is 0.323 e. The molecule has 10 heteroatoms. The Kier molecular flexibility index (Phi) is 7.02. The molecule has 1 aromatic carbocycles. The van der Waals surface area contributed by atoms with Crippen molar-refractivity contribution in [2.75, 3.05) is 32.8 Å². The minimum atomic E-state index is -1.01. The number of nitrogens with two attached hydrogens (primary N) is 1. The fourth-order valence-electron chi connectivity index (χ4n) is 4.72. The number of carboxylic acids is 1. The summed E-state index contributed by atoms with van der Waals surface area (Å²) in [7, 11) is 0. The Morgan fingerprint density at radius 3 is 2.56 bits per heavy atom. The highest BCUT2D eigenvalue weighted by molar-refractivity contribution is 6.35. The predicted molar refractivity (Wildman–Crippen MR) is 117 cm³/mol. The maximum atomic E-state index is 13.0. The molecule has 2 heterocycles. The molecule has 2 unspecified atom stereocenters. The van der Waals surface area contributed by atoms with E-state index in [0.29, 0.717) is 56.9 Å². The van der Waals surface area contributed by atoms with Gasteiger partial charge in [0.05, 0.1) is 12.1 Å². The van der Waals surface area contributed by atoms with Crippen LogP contribution < -0.4 is 15.8 Å². The maximum Gasteiger partial charge on any atom is 0.323 e. The van der Waals surface area contributed by atoms with Gasteiger partial charge < -0.3 is 30.7 Å². The molecule has 174 valence electrons. The standard InChI is InChI=1S/C22H31N5O5/c1-14(2)22(8-9-25-17(22)21(30)31)27-12-11-26(19(28)20(27)29)10-3-13-32-16-6-4-15(5-7-16)18(23)24/h4-7,14,17,25H,3,8-13H2,1-2H3,(H3,23,24)(H,30,31). The van der Waals surface area contributed by atoms with Crippen molar-refractivity contribution >= 4 is 23.6 Å². The van der Waals surface area contributed by atoms with Gasteiger partial charge in [0.25, 0.3) is 0 Å². The molecule has 0 spiro atoms. The van der Waals surface area contributed by atoms with Gasteiger partial charge >= 0.3 is 17.8 Å². The first-order chi connectivity index (χ1) is 15.2. The van der Waals surface area contributed by atoms with Crippen LogP contribution in [0, 0.1) is 11.3 Å². The number of hydrogen-bond acceptors (Lipinski definition) is 6. The number of hydrogen-bond donors (Lipinski definition) is 4. The Bertz CT molecular complexity index is 887. The lowest BCUT2D eigenvalue weighted by Gasteiger charge is -2.49. The second-order valence-corrected chi connectivity index (χ2v) is 8.51. The molecule has 0 aliphatic carbocycles. The number of piperazine rings is 1. The highest BCUT2D eigenvalue weighted by Crippen LogP contribution is 2.37. The van der Waals surface area contributed by atoms with E-state index in [4.69, 9.17) is 15.9 Å². The second kappa shape index (κ2) is 9.56. The molecule has 2 aliphatic rings. The van der Waals surface area contributed by atoms with E-state index in [1.54, 1.807) is 24.3 Å². The molecule has 2 saturated heterocycles. The number of amides is 2. The number of carbonyl (C=O) groups is 3. The van der Waals surface area contributed by atoms with Gasteiger partial charge in [0, 0.05) is 25.2 Å². The summed E-state index contributed by atoms with van der Waals surface area (Å²) in [6, 6.07) is 5.96. The van der Waals surface area contributed by atoms with Gasteiger partial charge in [0.15, 0.2) is 0 Å². The number of nitrogen functional groups attached to an aromatic ring is 1. The number of carbonyl (C=O) groups excluding carboxylic acids is 2. The van der Waals surface area contributed by atoms with Crippen molar-refractivity contribution in [3.05, 3.63) is 29.8 Å². The van der Waals surface area contributed by atoms with Crippen LogP contribution in [0.4, 0.5) is 0 Å². The number of rotatable bonds is 9. The van der Waals surface area contributed by atoms with Crippen molar-refractivity contribution < 1.29 is 24.2 Å². The van der Waals surface area contributed by atoms with Crippen LogP contribution in [0.1, 0.15) is 32.3 Å². The van der Waals surface area contributed by atoms with Gasteiger partial charge in [-0.15, -0.1) is 0 Å². The molecule has 2 atom stereocenters. The number of benzene rings is 1. The fraction of sp³-hybridized carbons (Fsp3) is 0.545. The molecule has 5 N–H and O–H groups in total. The van der Waals surface area contributed by atoms with Crippen LogP contribution in [0.25, 0.3) is 0 Å². The van der Waals surface area contributed by atoms with E-state index in [9.17, 15) is 19.5 Å². The second-order valence-electron chi connectivity index (χ2n) is 8.51. The number of amidine groups is 1. The third-order valence-corrected chi connectivity index (χ3v) is 6.44. The van der Waals surface area contributed by atoms with Gasteiger partial charge in [-0.05, 0) is 49.6 Å². The van der Waals surface area contributed by atoms with Crippen LogP contribution in [-0.2, 0) is 14.4 Å². The van der Waals surface area contributed by atoms with Gasteiger partial charge in [-0.3, -0.25) is 19.8 Å². The normalized spacial score (nSPS) is 23.7. The molecule has 0 saturated carbocycles. The molecule has 2 amide bonds. The Morgan fingerprint density at radius 1 is 1.28 bits per heavy atom. The van der Waals surface area contributed by atoms with E-state index in [1.807, 2.05) is 13.8 Å². The zero-order chi connectivity index (χ0) is 23.5. The minimum Gasteiger partial charge on any atom is -0.494 e. The van der Waals surface area contributed by atoms with Gasteiger partial charge in [0.2, 0.25) is 0 Å². The SMILES string of the molecule is CC(C)C1(N2CCN(CCCOc3ccc(C(=N)N)cc3)C(=O)C2=O)CCNC1C(=O)O. The van der Waals surface area contributed by atoms with Crippen molar-refractivity contribution in [1.82, 2.24) is 15.1 Å². The van der Waals surface area contributed by atoms with E-state index in [1.165, 1.54) is 9.80 Å². The topological polar surface area (TPSA) is 149 Å². The Morgan fingerprint density at radius 2 is 1.97 bits per heavy atom. The van der Waals surface area contributed by atoms with E-state index >= 15 is 0 Å². The summed E-state index contributed by atoms with van der Waals surface area (Å²) in [6.45, 7) is 5.68. The van der Waals surface area contributed by atoms with Crippen molar-refractivity contribution in [2.45, 2.75) is 38.3 Å². The summed E-state index contributed by atoms with van der Waals surface area (Å²) in [5.74, 6) is -1.74. The summed E-state index contributed by atoms with van der Waals surface area (Å²) in [5, 5.41) is 20.1. The molecule has 0 radical (unpaired) electrons. The third kappa shape index (κ3) is 4.40. The van der Waals surface area contributed by atoms with Crippen LogP contribution in [0.15, 0.2) is 24.3 Å². The summed E-state index contributed by atoms with van der Waals surface area (Å²) >= 11 is 0. The van der Waals surface area contributed by atoms with Crippen LogP contribution in [-0.4, -0.2) is 82.9 Å². The van der Waals surface area contributed by atoms with Crippen LogP contribution in [0.5, 0.6) is 5.75 Å². The van der Waals surface area contributed by atoms with Gasteiger partial charge in [-0.2, -0.15) is 0 Å². The Labute approximate surface area is 187 Å². The Hall–Kier alpha value is -3.14. The van der Waals surface area contributed by atoms with Gasteiger partial charge in [0.1, 0.15) is 17.6 Å². The average Bonchev–Trinajstić information content (AvgIpc) is 3.21. The molecule has 1 aromatic rings. The van der Waals surface area contributed by atoms with Crippen LogP contribution >= 0.6 is 0 Å². The summed E-state index contributed by atoms with van der Waals surface area (Å²) in [4.78, 5) is 40.6. The van der Waals surface area contributed by atoms with E-state index in [-0.39, 0.29) is 11.8 Å². The first-order valence-electron chi connectivity index (χ1n) is 10.8. The van der Waals surface area contributed by atoms with Crippen LogP contribution in [0.3, 0.4) is 0 Å². The van der Waals surface area contributed by atoms with Crippen molar-refractivity contribution in [1.29, 1.82) is 5.41 Å². The molecule has 3 rings (SSSR count). The lowest BCUT2D eigenvalue weighted by atomic mass is 9.77. The molecule has 0 aromatic heterocycles. The largest absolute Gasteiger partial charge is 0.494 e. The molecular weight excluding hydrogens is 414 g/mol. The van der Waals surface area contributed by atoms with Gasteiger partial charge in [-0.1, -0.05) is 13.8 Å². The minimum absolute atomic E-state index is 0.0128. The number of nitrogens with zero attached hydrogens (tertiary/aromatic N) is 2. The van der Waals surface area contributed by atoms with Crippen molar-refractivity contribution in [2.24, 2.45) is 11.7 Å². The summed E-state index contributed by atoms with van der Waals surface area (Å²) in [6.07, 6.45) is 1.04. The summed E-state index contributed by atoms with van der Waals surface area (Å²) in [5.41, 5.74) is 5.13. The number of carboxylic acid groups (broad SMARTS) is 1. The zero-order valence-electron chi connectivity index (χ0n) is 18.5. The third-order valence-electron chi connectivity index (χ3n) is 6.44. The van der Waals surface area contributed by atoms with Crippen molar-refractivity contribution in [3.8, 4) is 5.75 Å². The summed E-state index contributed by atoms with van der Waals surface area (Å²) < 4.78 is 5.67. The highest BCUT2D eigenvalue weighted by atomic mass is 16.5. The average molecular weight is 446 g/mol. The van der Waals surface area contributed by atoms with E-state index in [0.717, 1.165) is 0 Å². The Balaban J connectivity index is 1.56. The number of aliphatic carboxylic acids is 1. The molecular formula is C22H31N5O5. The van der Waals surface area contributed by atoms with E-state index in [2.05, 4.69) is 5.32 Å². The molecule has 0 bridgehead atoms. The lowest BCUT2D eigenvalue weighted by molar-refractivity contribution is -0.165. The predicted octanol–water partition coefficient (Wildman–Crippen LogP) is 0.252. The lowest BCUT2D eigenvalue weighted by Crippen LogP contribution is -2.69. The van der Waals surface area contributed by atoms with Gasteiger partial charge in [-0.25, -0.2) is 0 Å². The molecule has 2 aliphatic heterocycles. The highest BCUT2D eigenvalue weighted by Gasteiger charge is 2.56. The zero-order valence-corrected chi connectivity index (χ0v) is 18.5. The molecule has 10 nitrogen and oxygen atoms in total. The molecule has 2 fully saturated rings. The quantitative estimate of drug-likeness (QED) is 0.184. The number of nitrogens with one attached hydrogen (secondary N) is 2. The maximum absolute atomic E-state index is 13.0. The first-order valence-corrected chi connectivity index (χ1v) is 10.8. The monoisotopic (exact) mass is 445 g/mol. The van der Waals surface area contributed by atoms with Crippen LogP contribution in [0.2, 0.25) is 0 Å². The first kappa shape index (κ1) is 23.5. The van der Waals surface area contributed by atoms with E-state index < -0.39 is 29.4 Å². The van der Waals surface area contributed by atoms with Crippen molar-refractivity contribution in [3.63, 3.8) is 0 Å².